The number of hydrogen-bond donors (Lipinski definition) is 1. The minimum atomic E-state index is -0.0709. The zero-order valence-corrected chi connectivity index (χ0v) is 11.9. The van der Waals surface area contributed by atoms with Gasteiger partial charge in [0.25, 0.3) is 5.56 Å². The van der Waals surface area contributed by atoms with E-state index in [0.29, 0.717) is 25.3 Å². The van der Waals surface area contributed by atoms with Crippen LogP contribution >= 0.6 is 0 Å². The number of likely N-dealkylation sites (tertiary alicyclic amines) is 1. The highest BCUT2D eigenvalue weighted by atomic mass is 16.2. The number of nitrogen functional groups attached to an aromatic ring is 1. The Hall–Kier alpha value is -1.82. The summed E-state index contributed by atoms with van der Waals surface area (Å²) < 4.78 is 1.58. The van der Waals surface area contributed by atoms with Gasteiger partial charge in [-0.05, 0) is 26.0 Å². The number of hydrogen-bond acceptors (Lipinski definition) is 4. The third-order valence-corrected chi connectivity index (χ3v) is 3.59. The van der Waals surface area contributed by atoms with E-state index < -0.39 is 0 Å². The van der Waals surface area contributed by atoms with Gasteiger partial charge in [-0.25, -0.2) is 0 Å². The van der Waals surface area contributed by atoms with Crippen molar-refractivity contribution in [3.63, 3.8) is 0 Å². The van der Waals surface area contributed by atoms with E-state index in [1.165, 1.54) is 6.07 Å². The molecule has 2 heterocycles. The summed E-state index contributed by atoms with van der Waals surface area (Å²) in [6, 6.07) is 3.06. The summed E-state index contributed by atoms with van der Waals surface area (Å²) in [5.41, 5.74) is 6.16. The van der Waals surface area contributed by atoms with Crippen molar-refractivity contribution in [1.29, 1.82) is 0 Å². The van der Waals surface area contributed by atoms with Gasteiger partial charge in [0, 0.05) is 44.1 Å². The highest BCUT2D eigenvalue weighted by molar-refractivity contribution is 5.78. The first-order valence-corrected chi connectivity index (χ1v) is 6.98. The van der Waals surface area contributed by atoms with Gasteiger partial charge in [0.05, 0.1) is 6.54 Å². The van der Waals surface area contributed by atoms with Crippen LogP contribution in [0.5, 0.6) is 0 Å². The molecule has 110 valence electrons. The van der Waals surface area contributed by atoms with E-state index in [1.807, 2.05) is 16.8 Å². The zero-order chi connectivity index (χ0) is 14.5. The number of likely N-dealkylation sites (N-methyl/N-ethyl adjacent to an activating group) is 1. The van der Waals surface area contributed by atoms with E-state index in [-0.39, 0.29) is 11.5 Å². The molecule has 0 unspecified atom stereocenters. The summed E-state index contributed by atoms with van der Waals surface area (Å²) in [6.45, 7) is 3.33. The molecule has 1 aromatic heterocycles. The molecule has 1 saturated heterocycles. The van der Waals surface area contributed by atoms with E-state index in [0.717, 1.165) is 25.9 Å². The number of pyridine rings is 1. The number of nitrogens with two attached hydrogens (primary N) is 1. The lowest BCUT2D eigenvalue weighted by molar-refractivity contribution is -0.131. The van der Waals surface area contributed by atoms with Crippen molar-refractivity contribution in [2.45, 2.75) is 19.4 Å². The minimum absolute atomic E-state index is 0.0709. The second-order valence-electron chi connectivity index (χ2n) is 5.32. The molecular weight excluding hydrogens is 256 g/mol. The minimum Gasteiger partial charge on any atom is -0.398 e. The highest BCUT2D eigenvalue weighted by Gasteiger charge is 2.18. The second kappa shape index (κ2) is 6.56. The Morgan fingerprint density at radius 1 is 1.35 bits per heavy atom. The summed E-state index contributed by atoms with van der Waals surface area (Å²) in [4.78, 5) is 27.5. The average molecular weight is 278 g/mol. The summed E-state index contributed by atoms with van der Waals surface area (Å²) in [5, 5.41) is 0. The van der Waals surface area contributed by atoms with Crippen molar-refractivity contribution in [2.75, 3.05) is 39.0 Å². The fourth-order valence-electron chi connectivity index (χ4n) is 2.38. The first-order chi connectivity index (χ1) is 9.56. The standard InChI is InChI=1S/C14H22N4O2/c1-16(11-14(20)17-6-2-3-7-17)8-9-18-10-12(15)4-5-13(18)19/h4-5,10H,2-3,6-9,11,15H2,1H3. The number of rotatable bonds is 5. The third kappa shape index (κ3) is 3.84. The SMILES string of the molecule is CN(CCn1cc(N)ccc1=O)CC(=O)N1CCCC1. The number of amides is 1. The molecule has 2 rings (SSSR count). The fraction of sp³-hybridized carbons (Fsp3) is 0.571. The lowest BCUT2D eigenvalue weighted by Crippen LogP contribution is -2.38. The first-order valence-electron chi connectivity index (χ1n) is 6.98. The topological polar surface area (TPSA) is 71.6 Å². The molecule has 0 radical (unpaired) electrons. The van der Waals surface area contributed by atoms with Crippen molar-refractivity contribution in [3.8, 4) is 0 Å². The van der Waals surface area contributed by atoms with Crippen LogP contribution in [0.4, 0.5) is 5.69 Å². The lowest BCUT2D eigenvalue weighted by atomic mass is 10.4. The van der Waals surface area contributed by atoms with Gasteiger partial charge in [0.1, 0.15) is 0 Å². The highest BCUT2D eigenvalue weighted by Crippen LogP contribution is 2.07. The molecule has 6 nitrogen and oxygen atoms in total. The van der Waals surface area contributed by atoms with Gasteiger partial charge in [0.2, 0.25) is 5.91 Å². The van der Waals surface area contributed by atoms with Crippen molar-refractivity contribution in [3.05, 3.63) is 28.7 Å². The molecule has 0 bridgehead atoms. The van der Waals surface area contributed by atoms with Crippen LogP contribution in [0.3, 0.4) is 0 Å². The largest absolute Gasteiger partial charge is 0.398 e. The van der Waals surface area contributed by atoms with Gasteiger partial charge in [-0.2, -0.15) is 0 Å². The Balaban J connectivity index is 1.82. The van der Waals surface area contributed by atoms with Crippen LogP contribution in [-0.2, 0) is 11.3 Å². The molecule has 0 spiro atoms. The second-order valence-corrected chi connectivity index (χ2v) is 5.32. The normalized spacial score (nSPS) is 15.0. The molecule has 2 N–H and O–H groups in total. The average Bonchev–Trinajstić information content (AvgIpc) is 2.94. The molecule has 1 aromatic rings. The first kappa shape index (κ1) is 14.6. The molecule has 0 saturated carbocycles. The maximum absolute atomic E-state index is 12.0. The van der Waals surface area contributed by atoms with Crippen LogP contribution < -0.4 is 11.3 Å². The molecule has 1 aliphatic rings. The maximum atomic E-state index is 12.0. The molecule has 1 amide bonds. The van der Waals surface area contributed by atoms with Gasteiger partial charge >= 0.3 is 0 Å². The van der Waals surface area contributed by atoms with E-state index in [9.17, 15) is 9.59 Å². The molecule has 1 aliphatic heterocycles. The van der Waals surface area contributed by atoms with E-state index >= 15 is 0 Å². The smallest absolute Gasteiger partial charge is 0.250 e. The number of aromatic nitrogens is 1. The summed E-state index contributed by atoms with van der Waals surface area (Å²) in [6.07, 6.45) is 3.85. The van der Waals surface area contributed by atoms with Crippen molar-refractivity contribution in [1.82, 2.24) is 14.4 Å². The number of anilines is 1. The molecule has 6 heteroatoms. The monoisotopic (exact) mass is 278 g/mol. The van der Waals surface area contributed by atoms with E-state index in [2.05, 4.69) is 0 Å². The molecule has 1 fully saturated rings. The van der Waals surface area contributed by atoms with Crippen LogP contribution in [0.25, 0.3) is 0 Å². The third-order valence-electron chi connectivity index (χ3n) is 3.59. The predicted octanol–water partition coefficient (Wildman–Crippen LogP) is -0.0153. The predicted molar refractivity (Wildman–Crippen MR) is 78.4 cm³/mol. The molecule has 0 atom stereocenters. The lowest BCUT2D eigenvalue weighted by Gasteiger charge is -2.21. The number of nitrogens with zero attached hydrogens (tertiary/aromatic N) is 3. The van der Waals surface area contributed by atoms with Gasteiger partial charge in [-0.1, -0.05) is 0 Å². The van der Waals surface area contributed by atoms with Gasteiger partial charge in [-0.15, -0.1) is 0 Å². The molecule has 0 aromatic carbocycles. The Morgan fingerprint density at radius 2 is 2.05 bits per heavy atom. The van der Waals surface area contributed by atoms with Crippen molar-refractivity contribution >= 4 is 11.6 Å². The van der Waals surface area contributed by atoms with Crippen LogP contribution in [-0.4, -0.2) is 53.5 Å². The summed E-state index contributed by atoms with van der Waals surface area (Å²) in [7, 11) is 1.89. The molecular formula is C14H22N4O2. The number of carbonyl (C=O) groups is 1. The number of carbonyl (C=O) groups excluding carboxylic acids is 1. The maximum Gasteiger partial charge on any atom is 0.250 e. The summed E-state index contributed by atoms with van der Waals surface area (Å²) in [5.74, 6) is 0.171. The van der Waals surface area contributed by atoms with E-state index in [4.69, 9.17) is 5.73 Å². The summed E-state index contributed by atoms with van der Waals surface area (Å²) >= 11 is 0. The van der Waals surface area contributed by atoms with Gasteiger partial charge in [-0.3, -0.25) is 14.5 Å². The van der Waals surface area contributed by atoms with Crippen LogP contribution in [0.1, 0.15) is 12.8 Å². The van der Waals surface area contributed by atoms with Gasteiger partial charge < -0.3 is 15.2 Å². The fourth-order valence-corrected chi connectivity index (χ4v) is 2.38. The van der Waals surface area contributed by atoms with Crippen LogP contribution in [0, 0.1) is 0 Å². The van der Waals surface area contributed by atoms with Gasteiger partial charge in [0.15, 0.2) is 0 Å². The quantitative estimate of drug-likeness (QED) is 0.822. The Morgan fingerprint density at radius 3 is 2.75 bits per heavy atom. The van der Waals surface area contributed by atoms with Crippen molar-refractivity contribution in [2.24, 2.45) is 0 Å². The zero-order valence-electron chi connectivity index (χ0n) is 11.9. The Labute approximate surface area is 118 Å². The Bertz CT molecular complexity index is 520. The molecule has 20 heavy (non-hydrogen) atoms. The van der Waals surface area contributed by atoms with E-state index in [1.54, 1.807) is 16.8 Å². The Kier molecular flexibility index (Phi) is 4.79. The molecule has 0 aliphatic carbocycles. The van der Waals surface area contributed by atoms with Crippen LogP contribution in [0.2, 0.25) is 0 Å². The van der Waals surface area contributed by atoms with Crippen molar-refractivity contribution < 1.29 is 4.79 Å². The van der Waals surface area contributed by atoms with Crippen LogP contribution in [0.15, 0.2) is 23.1 Å².